The van der Waals surface area contributed by atoms with Gasteiger partial charge < -0.3 is 15.0 Å². The standard InChI is InChI=1S/C12H14N2O3S2/c1-14(5-4-10(15)16)7-9-11(13-12(17)19-9)8-3-2-6-18-8/h2-3,6H,4-5,7H2,1H3,(H,13,17)(H,15,16). The van der Waals surface area contributed by atoms with Gasteiger partial charge in [-0.25, -0.2) is 0 Å². The second-order valence-electron chi connectivity index (χ2n) is 4.17. The van der Waals surface area contributed by atoms with Crippen molar-refractivity contribution in [3.63, 3.8) is 0 Å². The molecule has 7 heteroatoms. The smallest absolute Gasteiger partial charge is 0.305 e. The average Bonchev–Trinajstić information content (AvgIpc) is 2.95. The molecule has 0 atom stereocenters. The molecule has 2 rings (SSSR count). The SMILES string of the molecule is CN(CCC(=O)O)Cc1sc(=O)[nH]c1-c1cccs1. The van der Waals surface area contributed by atoms with Crippen LogP contribution in [0.3, 0.4) is 0 Å². The van der Waals surface area contributed by atoms with Crippen LogP contribution >= 0.6 is 22.7 Å². The lowest BCUT2D eigenvalue weighted by Crippen LogP contribution is -2.21. The van der Waals surface area contributed by atoms with E-state index in [4.69, 9.17) is 5.11 Å². The van der Waals surface area contributed by atoms with Crippen LogP contribution in [-0.4, -0.2) is 34.6 Å². The molecule has 0 fully saturated rings. The van der Waals surface area contributed by atoms with Gasteiger partial charge in [-0.3, -0.25) is 9.59 Å². The van der Waals surface area contributed by atoms with E-state index in [0.29, 0.717) is 13.1 Å². The quantitative estimate of drug-likeness (QED) is 0.856. The highest BCUT2D eigenvalue weighted by atomic mass is 32.1. The summed E-state index contributed by atoms with van der Waals surface area (Å²) >= 11 is 2.75. The fourth-order valence-electron chi connectivity index (χ4n) is 1.70. The summed E-state index contributed by atoms with van der Waals surface area (Å²) in [5.41, 5.74) is 0.854. The van der Waals surface area contributed by atoms with Crippen molar-refractivity contribution in [3.8, 4) is 10.6 Å². The average molecular weight is 298 g/mol. The molecule has 0 radical (unpaired) electrons. The van der Waals surface area contributed by atoms with Crippen molar-refractivity contribution in [2.24, 2.45) is 0 Å². The molecule has 0 saturated heterocycles. The molecule has 5 nitrogen and oxygen atoms in total. The monoisotopic (exact) mass is 298 g/mol. The lowest BCUT2D eigenvalue weighted by Gasteiger charge is -2.14. The minimum Gasteiger partial charge on any atom is -0.481 e. The van der Waals surface area contributed by atoms with Gasteiger partial charge in [-0.1, -0.05) is 17.4 Å². The van der Waals surface area contributed by atoms with Crippen molar-refractivity contribution in [1.82, 2.24) is 9.88 Å². The number of carboxylic acids is 1. The maximum atomic E-state index is 11.5. The highest BCUT2D eigenvalue weighted by Gasteiger charge is 2.13. The van der Waals surface area contributed by atoms with Gasteiger partial charge in [0.15, 0.2) is 0 Å². The first-order valence-electron chi connectivity index (χ1n) is 5.72. The van der Waals surface area contributed by atoms with Gasteiger partial charge in [0.1, 0.15) is 0 Å². The predicted molar refractivity (Wildman–Crippen MR) is 76.8 cm³/mol. The number of aromatic amines is 1. The second-order valence-corrected chi connectivity index (χ2v) is 6.19. The predicted octanol–water partition coefficient (Wildman–Crippen LogP) is 2.07. The molecule has 0 amide bonds. The largest absolute Gasteiger partial charge is 0.481 e. The molecule has 19 heavy (non-hydrogen) atoms. The fraction of sp³-hybridized carbons (Fsp3) is 0.333. The number of thiazole rings is 1. The zero-order chi connectivity index (χ0) is 13.8. The van der Waals surface area contributed by atoms with Gasteiger partial charge in [0.05, 0.1) is 17.0 Å². The number of H-pyrrole nitrogens is 1. The van der Waals surface area contributed by atoms with Gasteiger partial charge in [0.25, 0.3) is 0 Å². The molecule has 2 N–H and O–H groups in total. The lowest BCUT2D eigenvalue weighted by atomic mass is 10.3. The molecule has 2 aromatic rings. The first-order valence-corrected chi connectivity index (χ1v) is 7.42. The molecule has 0 spiro atoms. The number of nitrogens with zero attached hydrogens (tertiary/aromatic N) is 1. The molecule has 0 saturated carbocycles. The summed E-state index contributed by atoms with van der Waals surface area (Å²) in [6.45, 7) is 1.04. The van der Waals surface area contributed by atoms with Crippen LogP contribution in [0.25, 0.3) is 10.6 Å². The van der Waals surface area contributed by atoms with Gasteiger partial charge in [-0.2, -0.15) is 0 Å². The van der Waals surface area contributed by atoms with Crippen molar-refractivity contribution >= 4 is 28.6 Å². The van der Waals surface area contributed by atoms with E-state index in [2.05, 4.69) is 4.98 Å². The number of rotatable bonds is 6. The van der Waals surface area contributed by atoms with Gasteiger partial charge in [0.2, 0.25) is 0 Å². The molecular formula is C12H14N2O3S2. The Kier molecular flexibility index (Phi) is 4.52. The summed E-state index contributed by atoms with van der Waals surface area (Å²) in [7, 11) is 1.85. The Labute approximate surface area is 118 Å². The third kappa shape index (κ3) is 3.76. The summed E-state index contributed by atoms with van der Waals surface area (Å²) in [5, 5.41) is 10.6. The van der Waals surface area contributed by atoms with Crippen LogP contribution in [0.2, 0.25) is 0 Å². The van der Waals surface area contributed by atoms with E-state index in [1.807, 2.05) is 29.5 Å². The Morgan fingerprint density at radius 2 is 2.32 bits per heavy atom. The second kappa shape index (κ2) is 6.14. The molecule has 2 heterocycles. The van der Waals surface area contributed by atoms with Crippen LogP contribution in [0.1, 0.15) is 11.3 Å². The third-order valence-electron chi connectivity index (χ3n) is 2.61. The van der Waals surface area contributed by atoms with Crippen molar-refractivity contribution in [3.05, 3.63) is 32.1 Å². The van der Waals surface area contributed by atoms with Crippen LogP contribution in [0.15, 0.2) is 22.3 Å². The molecule has 0 bridgehead atoms. The number of hydrogen-bond donors (Lipinski definition) is 2. The Hall–Kier alpha value is -1.44. The summed E-state index contributed by atoms with van der Waals surface area (Å²) in [4.78, 5) is 28.7. The third-order valence-corrected chi connectivity index (χ3v) is 4.36. The number of nitrogens with one attached hydrogen (secondary N) is 1. The van der Waals surface area contributed by atoms with Gasteiger partial charge in [0, 0.05) is 18.0 Å². The number of carbonyl (C=O) groups is 1. The van der Waals surface area contributed by atoms with E-state index in [1.54, 1.807) is 11.3 Å². The fourth-order valence-corrected chi connectivity index (χ4v) is 3.44. The zero-order valence-electron chi connectivity index (χ0n) is 10.4. The highest BCUT2D eigenvalue weighted by Crippen LogP contribution is 2.28. The highest BCUT2D eigenvalue weighted by molar-refractivity contribution is 7.14. The Bertz CT molecular complexity index is 601. The zero-order valence-corrected chi connectivity index (χ0v) is 12.0. The molecule has 102 valence electrons. The first kappa shape index (κ1) is 14.0. The molecule has 2 aromatic heterocycles. The number of hydrogen-bond acceptors (Lipinski definition) is 5. The van der Waals surface area contributed by atoms with Crippen LogP contribution in [0.4, 0.5) is 0 Å². The van der Waals surface area contributed by atoms with E-state index in [1.165, 1.54) is 11.3 Å². The summed E-state index contributed by atoms with van der Waals surface area (Å²) in [6.07, 6.45) is 0.101. The van der Waals surface area contributed by atoms with E-state index >= 15 is 0 Å². The number of aromatic nitrogens is 1. The van der Waals surface area contributed by atoms with Gasteiger partial charge >= 0.3 is 10.8 Å². The van der Waals surface area contributed by atoms with Crippen LogP contribution < -0.4 is 4.87 Å². The topological polar surface area (TPSA) is 73.4 Å². The van der Waals surface area contributed by atoms with E-state index in [-0.39, 0.29) is 11.3 Å². The Balaban J connectivity index is 2.12. The molecule has 0 aromatic carbocycles. The maximum absolute atomic E-state index is 11.5. The summed E-state index contributed by atoms with van der Waals surface area (Å²) < 4.78 is 0. The van der Waals surface area contributed by atoms with Crippen molar-refractivity contribution in [2.45, 2.75) is 13.0 Å². The number of carboxylic acid groups (broad SMARTS) is 1. The van der Waals surface area contributed by atoms with Crippen molar-refractivity contribution < 1.29 is 9.90 Å². The minimum absolute atomic E-state index is 0.0787. The van der Waals surface area contributed by atoms with E-state index < -0.39 is 5.97 Å². The molecule has 0 unspecified atom stereocenters. The van der Waals surface area contributed by atoms with E-state index in [9.17, 15) is 9.59 Å². The maximum Gasteiger partial charge on any atom is 0.305 e. The van der Waals surface area contributed by atoms with E-state index in [0.717, 1.165) is 15.4 Å². The Morgan fingerprint density at radius 1 is 1.53 bits per heavy atom. The first-order chi connectivity index (χ1) is 9.06. The van der Waals surface area contributed by atoms with Crippen molar-refractivity contribution in [1.29, 1.82) is 0 Å². The lowest BCUT2D eigenvalue weighted by molar-refractivity contribution is -0.137. The Morgan fingerprint density at radius 3 is 2.95 bits per heavy atom. The normalized spacial score (nSPS) is 11.1. The number of aliphatic carboxylic acids is 1. The van der Waals surface area contributed by atoms with Crippen LogP contribution in [0, 0.1) is 0 Å². The number of thiophene rings is 1. The van der Waals surface area contributed by atoms with Crippen LogP contribution in [0.5, 0.6) is 0 Å². The molecule has 0 aliphatic rings. The van der Waals surface area contributed by atoms with Gasteiger partial charge in [-0.15, -0.1) is 11.3 Å². The van der Waals surface area contributed by atoms with Crippen molar-refractivity contribution in [2.75, 3.05) is 13.6 Å². The molecular weight excluding hydrogens is 284 g/mol. The summed E-state index contributed by atoms with van der Waals surface area (Å²) in [5.74, 6) is -0.812. The summed E-state index contributed by atoms with van der Waals surface area (Å²) in [6, 6.07) is 3.90. The van der Waals surface area contributed by atoms with Crippen LogP contribution in [-0.2, 0) is 11.3 Å². The van der Waals surface area contributed by atoms with Gasteiger partial charge in [-0.05, 0) is 18.5 Å². The molecule has 0 aliphatic carbocycles. The molecule has 0 aliphatic heterocycles. The minimum atomic E-state index is -0.812.